The van der Waals surface area contributed by atoms with Gasteiger partial charge in [-0.1, -0.05) is 93.4 Å². The Morgan fingerprint density at radius 3 is 2.16 bits per heavy atom. The zero-order chi connectivity index (χ0) is 26.9. The first-order valence-electron chi connectivity index (χ1n) is 13.4. The molecule has 0 bridgehead atoms. The van der Waals surface area contributed by atoms with Gasteiger partial charge in [0.25, 0.3) is 0 Å². The third kappa shape index (κ3) is 6.47. The second-order valence-electron chi connectivity index (χ2n) is 9.61. The number of nitro benzene ring substituents is 1. The molecule has 0 radical (unpaired) electrons. The molecule has 1 heterocycles. The number of rotatable bonds is 13. The average molecular weight is 513 g/mol. The highest BCUT2D eigenvalue weighted by molar-refractivity contribution is 5.68. The number of aromatic hydroxyl groups is 1. The maximum Gasteiger partial charge on any atom is 0.310 e. The summed E-state index contributed by atoms with van der Waals surface area (Å²) >= 11 is 0. The van der Waals surface area contributed by atoms with Crippen molar-refractivity contribution in [1.82, 2.24) is 14.5 Å². The van der Waals surface area contributed by atoms with Crippen LogP contribution in [0.3, 0.4) is 0 Å². The van der Waals surface area contributed by atoms with Crippen molar-refractivity contribution >= 4 is 5.69 Å². The summed E-state index contributed by atoms with van der Waals surface area (Å²) in [5, 5.41) is 21.4. The van der Waals surface area contributed by atoms with E-state index in [0.717, 1.165) is 72.7 Å². The Labute approximate surface area is 224 Å². The number of benzene rings is 3. The van der Waals surface area contributed by atoms with E-state index >= 15 is 0 Å². The SMILES string of the molecule is CCCCN(Cc1ccc([N+](=O)[O-])c(O)c1)Cc1c(-c2ccccc2)nc(-c2ccccc2)n1CCCC. The van der Waals surface area contributed by atoms with Crippen molar-refractivity contribution in [2.24, 2.45) is 0 Å². The molecule has 4 rings (SSSR count). The highest BCUT2D eigenvalue weighted by atomic mass is 16.6. The van der Waals surface area contributed by atoms with Crippen LogP contribution in [0, 0.1) is 10.1 Å². The molecule has 0 aliphatic carbocycles. The molecule has 0 saturated heterocycles. The van der Waals surface area contributed by atoms with Crippen molar-refractivity contribution in [3.63, 3.8) is 0 Å². The number of nitro groups is 1. The number of imidazole rings is 1. The molecule has 0 spiro atoms. The summed E-state index contributed by atoms with van der Waals surface area (Å²) in [5.41, 5.74) is 4.88. The predicted octanol–water partition coefficient (Wildman–Crippen LogP) is 7.43. The highest BCUT2D eigenvalue weighted by Gasteiger charge is 2.22. The molecule has 3 aromatic carbocycles. The van der Waals surface area contributed by atoms with E-state index in [4.69, 9.17) is 4.98 Å². The largest absolute Gasteiger partial charge is 0.502 e. The topological polar surface area (TPSA) is 84.4 Å². The van der Waals surface area contributed by atoms with Gasteiger partial charge in [-0.15, -0.1) is 0 Å². The first kappa shape index (κ1) is 27.1. The predicted molar refractivity (Wildman–Crippen MR) is 152 cm³/mol. The van der Waals surface area contributed by atoms with Crippen LogP contribution in [0.15, 0.2) is 78.9 Å². The van der Waals surface area contributed by atoms with Crippen LogP contribution in [0.5, 0.6) is 5.75 Å². The van der Waals surface area contributed by atoms with Crippen molar-refractivity contribution in [3.05, 3.63) is 100 Å². The van der Waals surface area contributed by atoms with Gasteiger partial charge in [0.15, 0.2) is 5.75 Å². The van der Waals surface area contributed by atoms with Gasteiger partial charge in [0.2, 0.25) is 0 Å². The fourth-order valence-corrected chi connectivity index (χ4v) is 4.73. The Morgan fingerprint density at radius 2 is 1.55 bits per heavy atom. The van der Waals surface area contributed by atoms with E-state index in [1.807, 2.05) is 36.4 Å². The van der Waals surface area contributed by atoms with Crippen molar-refractivity contribution in [2.45, 2.75) is 59.2 Å². The lowest BCUT2D eigenvalue weighted by Gasteiger charge is -2.24. The van der Waals surface area contributed by atoms with Crippen LogP contribution in [0.4, 0.5) is 5.69 Å². The lowest BCUT2D eigenvalue weighted by molar-refractivity contribution is -0.385. The fraction of sp³-hybridized carbons (Fsp3) is 0.323. The van der Waals surface area contributed by atoms with Gasteiger partial charge in [-0.3, -0.25) is 15.0 Å². The summed E-state index contributed by atoms with van der Waals surface area (Å²) in [6, 6.07) is 25.3. The third-order valence-corrected chi connectivity index (χ3v) is 6.73. The van der Waals surface area contributed by atoms with Crippen LogP contribution in [0.2, 0.25) is 0 Å². The van der Waals surface area contributed by atoms with Crippen LogP contribution in [-0.2, 0) is 19.6 Å². The van der Waals surface area contributed by atoms with E-state index in [9.17, 15) is 15.2 Å². The highest BCUT2D eigenvalue weighted by Crippen LogP contribution is 2.32. The van der Waals surface area contributed by atoms with Gasteiger partial charge in [0.1, 0.15) is 5.82 Å². The molecule has 0 unspecified atom stereocenters. The summed E-state index contributed by atoms with van der Waals surface area (Å²) in [4.78, 5) is 18.2. The first-order valence-corrected chi connectivity index (χ1v) is 13.4. The maximum absolute atomic E-state index is 11.2. The summed E-state index contributed by atoms with van der Waals surface area (Å²) < 4.78 is 2.37. The summed E-state index contributed by atoms with van der Waals surface area (Å²) in [7, 11) is 0. The molecule has 0 amide bonds. The van der Waals surface area contributed by atoms with Gasteiger partial charge in [-0.25, -0.2) is 4.98 Å². The second-order valence-corrected chi connectivity index (χ2v) is 9.61. The minimum absolute atomic E-state index is 0.273. The molecular weight excluding hydrogens is 476 g/mol. The molecule has 198 valence electrons. The minimum atomic E-state index is -0.558. The van der Waals surface area contributed by atoms with E-state index in [2.05, 4.69) is 47.6 Å². The van der Waals surface area contributed by atoms with E-state index < -0.39 is 4.92 Å². The molecule has 4 aromatic rings. The second kappa shape index (κ2) is 13.0. The van der Waals surface area contributed by atoms with Crippen molar-refractivity contribution in [1.29, 1.82) is 0 Å². The Morgan fingerprint density at radius 1 is 0.895 bits per heavy atom. The van der Waals surface area contributed by atoms with Crippen molar-refractivity contribution in [3.8, 4) is 28.4 Å². The molecule has 0 aliphatic rings. The zero-order valence-corrected chi connectivity index (χ0v) is 22.2. The molecule has 0 saturated carbocycles. The average Bonchev–Trinajstić information content (AvgIpc) is 3.29. The molecular formula is C31H36N4O3. The van der Waals surface area contributed by atoms with E-state index in [1.54, 1.807) is 6.07 Å². The zero-order valence-electron chi connectivity index (χ0n) is 22.2. The molecule has 7 heteroatoms. The van der Waals surface area contributed by atoms with Crippen LogP contribution in [0.25, 0.3) is 22.6 Å². The molecule has 1 aromatic heterocycles. The Bertz CT molecular complexity index is 1340. The van der Waals surface area contributed by atoms with Gasteiger partial charge in [0, 0.05) is 36.8 Å². The summed E-state index contributed by atoms with van der Waals surface area (Å²) in [5.74, 6) is 0.670. The smallest absolute Gasteiger partial charge is 0.310 e. The van der Waals surface area contributed by atoms with E-state index in [0.29, 0.717) is 13.1 Å². The number of aromatic nitrogens is 2. The molecule has 0 aliphatic heterocycles. The van der Waals surface area contributed by atoms with Gasteiger partial charge in [-0.2, -0.15) is 0 Å². The molecule has 0 fully saturated rings. The van der Waals surface area contributed by atoms with Crippen LogP contribution >= 0.6 is 0 Å². The number of unbranched alkanes of at least 4 members (excludes halogenated alkanes) is 2. The Kier molecular flexibility index (Phi) is 9.27. The standard InChI is InChI=1S/C31H36N4O3/c1-3-5-19-33(22-24-17-18-27(35(37)38)29(36)21-24)23-28-30(25-13-9-7-10-14-25)32-31(34(28)20-6-4-2)26-15-11-8-12-16-26/h7-18,21,36H,3-6,19-20,22-23H2,1-2H3. The minimum Gasteiger partial charge on any atom is -0.502 e. The molecule has 0 atom stereocenters. The van der Waals surface area contributed by atoms with Gasteiger partial charge >= 0.3 is 5.69 Å². The van der Waals surface area contributed by atoms with E-state index in [1.165, 1.54) is 12.1 Å². The summed E-state index contributed by atoms with van der Waals surface area (Å²) in [6.45, 7) is 7.35. The normalized spacial score (nSPS) is 11.2. The summed E-state index contributed by atoms with van der Waals surface area (Å²) in [6.07, 6.45) is 4.20. The van der Waals surface area contributed by atoms with E-state index in [-0.39, 0.29) is 11.4 Å². The lowest BCUT2D eigenvalue weighted by Crippen LogP contribution is -2.26. The first-order chi connectivity index (χ1) is 18.5. The number of nitrogens with zero attached hydrogens (tertiary/aromatic N) is 4. The quantitative estimate of drug-likeness (QED) is 0.149. The van der Waals surface area contributed by atoms with Crippen molar-refractivity contribution < 1.29 is 10.0 Å². The molecule has 1 N–H and O–H groups in total. The lowest BCUT2D eigenvalue weighted by atomic mass is 10.1. The number of hydrogen-bond donors (Lipinski definition) is 1. The maximum atomic E-state index is 11.2. The fourth-order valence-electron chi connectivity index (χ4n) is 4.73. The number of phenols is 1. The molecule has 38 heavy (non-hydrogen) atoms. The van der Waals surface area contributed by atoms with Gasteiger partial charge < -0.3 is 9.67 Å². The molecule has 7 nitrogen and oxygen atoms in total. The third-order valence-electron chi connectivity index (χ3n) is 6.73. The van der Waals surface area contributed by atoms with Gasteiger partial charge in [0.05, 0.1) is 16.3 Å². The number of phenolic OH excluding ortho intramolecular Hbond substituents is 1. The van der Waals surface area contributed by atoms with Crippen LogP contribution < -0.4 is 0 Å². The van der Waals surface area contributed by atoms with Crippen LogP contribution in [0.1, 0.15) is 50.8 Å². The van der Waals surface area contributed by atoms with Crippen molar-refractivity contribution in [2.75, 3.05) is 6.54 Å². The Hall–Kier alpha value is -3.97. The number of hydrogen-bond acceptors (Lipinski definition) is 5. The monoisotopic (exact) mass is 512 g/mol. The Balaban J connectivity index is 1.77. The van der Waals surface area contributed by atoms with Crippen LogP contribution in [-0.4, -0.2) is 31.0 Å². The van der Waals surface area contributed by atoms with Gasteiger partial charge in [-0.05, 0) is 31.0 Å².